The highest BCUT2D eigenvalue weighted by molar-refractivity contribution is 5.76. The molecule has 1 aromatic carbocycles. The number of hydrogen-bond donors (Lipinski definition) is 0. The molecule has 3 nitrogen and oxygen atoms in total. The molecule has 2 rings (SSSR count). The highest BCUT2D eigenvalue weighted by Crippen LogP contribution is 2.10. The topological polar surface area (TPSA) is 33.5 Å². The lowest BCUT2D eigenvalue weighted by Crippen LogP contribution is -2.26. The maximum absolute atomic E-state index is 12.0. The lowest BCUT2D eigenvalue weighted by Gasteiger charge is -2.15. The van der Waals surface area contributed by atoms with E-state index in [0.29, 0.717) is 13.0 Å². The summed E-state index contributed by atoms with van der Waals surface area (Å²) < 4.78 is 5.25. The third kappa shape index (κ3) is 3.98. The van der Waals surface area contributed by atoms with Gasteiger partial charge in [0.1, 0.15) is 5.76 Å². The summed E-state index contributed by atoms with van der Waals surface area (Å²) in [6.45, 7) is 2.67. The Morgan fingerprint density at radius 2 is 1.85 bits per heavy atom. The molecule has 0 aliphatic heterocycles. The zero-order chi connectivity index (χ0) is 14.4. The predicted octanol–water partition coefficient (Wildman–Crippen LogP) is 3.43. The van der Waals surface area contributed by atoms with E-state index in [1.54, 1.807) is 11.2 Å². The van der Waals surface area contributed by atoms with E-state index >= 15 is 0 Å². The van der Waals surface area contributed by atoms with Crippen molar-refractivity contribution in [3.05, 3.63) is 59.5 Å². The molecule has 20 heavy (non-hydrogen) atoms. The number of furan rings is 1. The second-order valence-corrected chi connectivity index (χ2v) is 5.00. The number of hydrogen-bond acceptors (Lipinski definition) is 2. The van der Waals surface area contributed by atoms with Gasteiger partial charge in [-0.1, -0.05) is 31.2 Å². The van der Waals surface area contributed by atoms with Crippen LogP contribution in [0.3, 0.4) is 0 Å². The minimum absolute atomic E-state index is 0.140. The van der Waals surface area contributed by atoms with E-state index < -0.39 is 0 Å². The Morgan fingerprint density at radius 1 is 1.15 bits per heavy atom. The summed E-state index contributed by atoms with van der Waals surface area (Å²) in [5.41, 5.74) is 2.54. The van der Waals surface area contributed by atoms with Crippen molar-refractivity contribution >= 4 is 5.91 Å². The first-order valence-corrected chi connectivity index (χ1v) is 7.03. The fraction of sp³-hybridized carbons (Fsp3) is 0.353. The van der Waals surface area contributed by atoms with Crippen molar-refractivity contribution in [3.63, 3.8) is 0 Å². The maximum Gasteiger partial charge on any atom is 0.223 e. The standard InChI is InChI=1S/C17H21NO2/c1-3-14-6-8-15(9-7-14)10-11-17(19)18(2)13-16-5-4-12-20-16/h4-9,12H,3,10-11,13H2,1-2H3. The monoisotopic (exact) mass is 271 g/mol. The first-order chi connectivity index (χ1) is 9.69. The van der Waals surface area contributed by atoms with Crippen molar-refractivity contribution < 1.29 is 9.21 Å². The van der Waals surface area contributed by atoms with Crippen molar-refractivity contribution in [2.45, 2.75) is 32.7 Å². The fourth-order valence-electron chi connectivity index (χ4n) is 2.11. The van der Waals surface area contributed by atoms with Gasteiger partial charge in [-0.2, -0.15) is 0 Å². The molecule has 1 amide bonds. The summed E-state index contributed by atoms with van der Waals surface area (Å²) in [4.78, 5) is 13.8. The molecule has 0 aliphatic rings. The van der Waals surface area contributed by atoms with Crippen LogP contribution < -0.4 is 0 Å². The molecule has 1 aromatic heterocycles. The lowest BCUT2D eigenvalue weighted by molar-refractivity contribution is -0.130. The lowest BCUT2D eigenvalue weighted by atomic mass is 10.1. The molecule has 0 radical (unpaired) electrons. The normalized spacial score (nSPS) is 10.5. The van der Waals surface area contributed by atoms with E-state index in [2.05, 4.69) is 31.2 Å². The highest BCUT2D eigenvalue weighted by atomic mass is 16.3. The Labute approximate surface area is 120 Å². The summed E-state index contributed by atoms with van der Waals surface area (Å²) in [6, 6.07) is 12.2. The molecule has 2 aromatic rings. The van der Waals surface area contributed by atoms with E-state index in [-0.39, 0.29) is 5.91 Å². The molecule has 0 bridgehead atoms. The molecule has 106 valence electrons. The van der Waals surface area contributed by atoms with Crippen molar-refractivity contribution in [1.29, 1.82) is 0 Å². The molecule has 3 heteroatoms. The van der Waals surface area contributed by atoms with Crippen molar-refractivity contribution in [2.24, 2.45) is 0 Å². The summed E-state index contributed by atoms with van der Waals surface area (Å²) in [7, 11) is 1.81. The molecule has 0 unspecified atom stereocenters. The van der Waals surface area contributed by atoms with Gasteiger partial charge in [-0.15, -0.1) is 0 Å². The van der Waals surface area contributed by atoms with Crippen LogP contribution >= 0.6 is 0 Å². The molecule has 0 saturated carbocycles. The fourth-order valence-corrected chi connectivity index (χ4v) is 2.11. The average Bonchev–Trinajstić information content (AvgIpc) is 2.98. The molecule has 0 spiro atoms. The van der Waals surface area contributed by atoms with Crippen LogP contribution in [-0.4, -0.2) is 17.9 Å². The van der Waals surface area contributed by atoms with E-state index in [1.807, 2.05) is 19.2 Å². The summed E-state index contributed by atoms with van der Waals surface area (Å²) >= 11 is 0. The van der Waals surface area contributed by atoms with Gasteiger partial charge < -0.3 is 9.32 Å². The Bertz CT molecular complexity index is 529. The molecular formula is C17H21NO2. The Kier molecular flexibility index (Phi) is 4.99. The number of aryl methyl sites for hydroxylation is 2. The van der Waals surface area contributed by atoms with E-state index in [4.69, 9.17) is 4.42 Å². The van der Waals surface area contributed by atoms with E-state index in [0.717, 1.165) is 18.6 Å². The highest BCUT2D eigenvalue weighted by Gasteiger charge is 2.10. The molecule has 0 saturated heterocycles. The third-order valence-corrected chi connectivity index (χ3v) is 3.46. The summed E-state index contributed by atoms with van der Waals surface area (Å²) in [5.74, 6) is 0.953. The van der Waals surface area contributed by atoms with Crippen LogP contribution in [0.1, 0.15) is 30.2 Å². The predicted molar refractivity (Wildman–Crippen MR) is 79.3 cm³/mol. The third-order valence-electron chi connectivity index (χ3n) is 3.46. The Hall–Kier alpha value is -2.03. The SMILES string of the molecule is CCc1ccc(CCC(=O)N(C)Cc2ccco2)cc1. The van der Waals surface area contributed by atoms with Gasteiger partial charge in [-0.05, 0) is 36.1 Å². The van der Waals surface area contributed by atoms with Gasteiger partial charge in [0.15, 0.2) is 0 Å². The number of nitrogens with zero attached hydrogens (tertiary/aromatic N) is 1. The molecule has 0 aliphatic carbocycles. The zero-order valence-electron chi connectivity index (χ0n) is 12.1. The second-order valence-electron chi connectivity index (χ2n) is 5.00. The minimum atomic E-state index is 0.140. The molecule has 0 atom stereocenters. The largest absolute Gasteiger partial charge is 0.467 e. The van der Waals surface area contributed by atoms with Crippen LogP contribution in [0.5, 0.6) is 0 Å². The summed E-state index contributed by atoms with van der Waals surface area (Å²) in [5, 5.41) is 0. The van der Waals surface area contributed by atoms with E-state index in [1.165, 1.54) is 11.1 Å². The molecule has 0 N–H and O–H groups in total. The van der Waals surface area contributed by atoms with Crippen LogP contribution in [0.4, 0.5) is 0 Å². The Balaban J connectivity index is 1.81. The van der Waals surface area contributed by atoms with Gasteiger partial charge in [0.2, 0.25) is 5.91 Å². The molecule has 0 fully saturated rings. The Morgan fingerprint density at radius 3 is 2.45 bits per heavy atom. The van der Waals surface area contributed by atoms with Gasteiger partial charge >= 0.3 is 0 Å². The summed E-state index contributed by atoms with van der Waals surface area (Å²) in [6.07, 6.45) is 3.99. The van der Waals surface area contributed by atoms with Crippen LogP contribution in [0.15, 0.2) is 47.1 Å². The van der Waals surface area contributed by atoms with Crippen molar-refractivity contribution in [2.75, 3.05) is 7.05 Å². The number of amides is 1. The molecular weight excluding hydrogens is 250 g/mol. The average molecular weight is 271 g/mol. The number of rotatable bonds is 6. The van der Waals surface area contributed by atoms with Crippen LogP contribution in [0.25, 0.3) is 0 Å². The van der Waals surface area contributed by atoms with Gasteiger partial charge in [-0.3, -0.25) is 4.79 Å². The van der Waals surface area contributed by atoms with Crippen LogP contribution in [0.2, 0.25) is 0 Å². The van der Waals surface area contributed by atoms with Crippen molar-refractivity contribution in [3.8, 4) is 0 Å². The molecule has 1 heterocycles. The van der Waals surface area contributed by atoms with Gasteiger partial charge in [0.25, 0.3) is 0 Å². The number of carbonyl (C=O) groups excluding carboxylic acids is 1. The van der Waals surface area contributed by atoms with Crippen molar-refractivity contribution in [1.82, 2.24) is 4.90 Å². The van der Waals surface area contributed by atoms with E-state index in [9.17, 15) is 4.79 Å². The van der Waals surface area contributed by atoms with Gasteiger partial charge in [0.05, 0.1) is 12.8 Å². The smallest absolute Gasteiger partial charge is 0.223 e. The zero-order valence-corrected chi connectivity index (χ0v) is 12.1. The van der Waals surface area contributed by atoms with Crippen LogP contribution in [0, 0.1) is 0 Å². The van der Waals surface area contributed by atoms with Gasteiger partial charge in [0, 0.05) is 13.5 Å². The van der Waals surface area contributed by atoms with Gasteiger partial charge in [-0.25, -0.2) is 0 Å². The number of carbonyl (C=O) groups is 1. The number of benzene rings is 1. The van der Waals surface area contributed by atoms with Crippen LogP contribution in [-0.2, 0) is 24.2 Å². The minimum Gasteiger partial charge on any atom is -0.467 e. The maximum atomic E-state index is 12.0. The quantitative estimate of drug-likeness (QED) is 0.806. The second kappa shape index (κ2) is 6.94. The first-order valence-electron chi connectivity index (χ1n) is 7.03. The first kappa shape index (κ1) is 14.4.